The number of halogens is 2. The second kappa shape index (κ2) is 36.0. The van der Waals surface area contributed by atoms with Gasteiger partial charge in [0.05, 0.1) is 51.3 Å². The first-order valence-electron chi connectivity index (χ1n) is 28.5. The van der Waals surface area contributed by atoms with Crippen molar-refractivity contribution in [2.75, 3.05) is 13.2 Å². The molecule has 0 aliphatic heterocycles. The van der Waals surface area contributed by atoms with Crippen LogP contribution in [-0.2, 0) is 6.42 Å². The predicted molar refractivity (Wildman–Crippen MR) is 317 cm³/mol. The van der Waals surface area contributed by atoms with E-state index in [0.717, 1.165) is 68.9 Å². The lowest BCUT2D eigenvalue weighted by atomic mass is 10.0. The van der Waals surface area contributed by atoms with Crippen molar-refractivity contribution in [1.82, 2.24) is 9.97 Å². The molecule has 5 aromatic rings. The summed E-state index contributed by atoms with van der Waals surface area (Å²) in [4.78, 5) is 12.7. The standard InChI is InChI=1S/C59H92Br2N2O2S4/c1-5-8-11-14-17-20-23-26-29-32-35-38-41-49-57(61)69-59(63-49)51-45-48-53(65-43-40-37-34-31-28-25-22-19-16-13-10-7-3)54-47(44-50(66-54)58-62-46(4)56(60)68-58)52(55(48)67-51)64-42-39-36-33-30-27-24-21-18-15-12-9-6-2/h44-45H,5-43H2,1-4H3. The van der Waals surface area contributed by atoms with Gasteiger partial charge in [0, 0.05) is 10.8 Å². The molecule has 0 saturated heterocycles. The zero-order chi connectivity index (χ0) is 48.7. The van der Waals surface area contributed by atoms with E-state index in [0.29, 0.717) is 0 Å². The number of aryl methyl sites for hydroxylation is 2. The minimum Gasteiger partial charge on any atom is -0.491 e. The Morgan fingerprint density at radius 1 is 0.391 bits per heavy atom. The number of hydrogen-bond acceptors (Lipinski definition) is 8. The zero-order valence-corrected chi connectivity index (χ0v) is 50.3. The molecule has 0 saturated carbocycles. The van der Waals surface area contributed by atoms with Gasteiger partial charge < -0.3 is 9.47 Å². The molecule has 4 aromatic heterocycles. The maximum Gasteiger partial charge on any atom is 0.146 e. The average Bonchev–Trinajstić information content (AvgIpc) is 4.15. The van der Waals surface area contributed by atoms with Gasteiger partial charge in [0.15, 0.2) is 0 Å². The molecule has 0 amide bonds. The lowest BCUT2D eigenvalue weighted by molar-refractivity contribution is 0.307. The number of aromatic nitrogens is 2. The van der Waals surface area contributed by atoms with Crippen LogP contribution in [0.25, 0.3) is 39.9 Å². The van der Waals surface area contributed by atoms with Crippen molar-refractivity contribution >= 4 is 97.4 Å². The Hall–Kier alpha value is -1.04. The van der Waals surface area contributed by atoms with Crippen LogP contribution < -0.4 is 9.47 Å². The Kier molecular flexibility index (Phi) is 30.7. The molecule has 0 atom stereocenters. The molecule has 0 aliphatic carbocycles. The fraction of sp³-hybridized carbons (Fsp3) is 0.729. The summed E-state index contributed by atoms with van der Waals surface area (Å²) < 4.78 is 18.6. The van der Waals surface area contributed by atoms with Crippen molar-refractivity contribution in [3.8, 4) is 31.3 Å². The lowest BCUT2D eigenvalue weighted by Gasteiger charge is -2.14. The van der Waals surface area contributed by atoms with Crippen LogP contribution in [0.15, 0.2) is 19.7 Å². The number of ether oxygens (including phenoxy) is 2. The highest BCUT2D eigenvalue weighted by molar-refractivity contribution is 9.11. The molecule has 1 aromatic carbocycles. The van der Waals surface area contributed by atoms with Crippen molar-refractivity contribution in [2.24, 2.45) is 0 Å². The van der Waals surface area contributed by atoms with E-state index in [1.54, 1.807) is 22.7 Å². The Labute approximate surface area is 454 Å². The molecule has 5 rings (SSSR count). The second-order valence-corrected chi connectivity index (χ2v) is 26.8. The van der Waals surface area contributed by atoms with Crippen molar-refractivity contribution < 1.29 is 9.47 Å². The molecular weight excluding hydrogens is 1060 g/mol. The van der Waals surface area contributed by atoms with Gasteiger partial charge in [-0.1, -0.05) is 233 Å². The fourth-order valence-corrected chi connectivity index (χ4v) is 15.0. The molecule has 4 heterocycles. The monoisotopic (exact) mass is 1150 g/mol. The van der Waals surface area contributed by atoms with E-state index in [1.165, 1.54) is 252 Å². The molecule has 69 heavy (non-hydrogen) atoms. The molecule has 0 aliphatic rings. The van der Waals surface area contributed by atoms with Crippen LogP contribution in [0, 0.1) is 6.92 Å². The highest BCUT2D eigenvalue weighted by atomic mass is 79.9. The normalized spacial score (nSPS) is 11.9. The second-order valence-electron chi connectivity index (χ2n) is 20.1. The van der Waals surface area contributed by atoms with Gasteiger partial charge in [-0.05, 0) is 76.6 Å². The SMILES string of the molecule is CCCCCCCCCCCCCCOc1c2cc(-c3nc(CCCCCCCCCCCCCC)c(Br)s3)sc2c(OCCCCCCCCCCCCCC)c2cc(-c3nc(C)c(Br)s3)sc12. The highest BCUT2D eigenvalue weighted by Crippen LogP contribution is 2.53. The Bertz CT molecular complexity index is 2000. The van der Waals surface area contributed by atoms with E-state index in [4.69, 9.17) is 19.4 Å². The van der Waals surface area contributed by atoms with Gasteiger partial charge in [-0.15, -0.1) is 45.3 Å². The minimum absolute atomic E-state index is 0.729. The van der Waals surface area contributed by atoms with Gasteiger partial charge in [-0.2, -0.15) is 0 Å². The first kappa shape index (κ1) is 58.8. The van der Waals surface area contributed by atoms with Crippen LogP contribution in [0.4, 0.5) is 0 Å². The number of thiophene rings is 2. The smallest absolute Gasteiger partial charge is 0.146 e. The van der Waals surface area contributed by atoms with Gasteiger partial charge in [0.25, 0.3) is 0 Å². The number of hydrogen-bond donors (Lipinski definition) is 0. The summed E-state index contributed by atoms with van der Waals surface area (Å²) in [5, 5.41) is 4.49. The van der Waals surface area contributed by atoms with E-state index < -0.39 is 0 Å². The van der Waals surface area contributed by atoms with Crippen molar-refractivity contribution in [2.45, 2.75) is 265 Å². The van der Waals surface area contributed by atoms with Crippen LogP contribution in [-0.4, -0.2) is 23.2 Å². The molecule has 0 radical (unpaired) electrons. The van der Waals surface area contributed by atoms with Gasteiger partial charge in [0.2, 0.25) is 0 Å². The highest BCUT2D eigenvalue weighted by Gasteiger charge is 2.25. The van der Waals surface area contributed by atoms with Gasteiger partial charge in [-0.25, -0.2) is 9.97 Å². The number of rotatable bonds is 43. The number of unbranched alkanes of at least 4 members (excludes halogenated alkanes) is 33. The molecule has 0 fully saturated rings. The molecule has 0 bridgehead atoms. The van der Waals surface area contributed by atoms with E-state index in [9.17, 15) is 0 Å². The summed E-state index contributed by atoms with van der Waals surface area (Å²) >= 11 is 14.9. The Morgan fingerprint density at radius 2 is 0.710 bits per heavy atom. The maximum atomic E-state index is 6.99. The number of fused-ring (bicyclic) bond motifs is 2. The van der Waals surface area contributed by atoms with Gasteiger partial charge in [-0.3, -0.25) is 0 Å². The molecule has 388 valence electrons. The molecule has 0 unspecified atom stereocenters. The first-order valence-corrected chi connectivity index (χ1v) is 33.4. The van der Waals surface area contributed by atoms with E-state index in [2.05, 4.69) is 71.7 Å². The van der Waals surface area contributed by atoms with Crippen LogP contribution in [0.1, 0.15) is 263 Å². The third-order valence-electron chi connectivity index (χ3n) is 13.9. The zero-order valence-electron chi connectivity index (χ0n) is 43.8. The van der Waals surface area contributed by atoms with Gasteiger partial charge >= 0.3 is 0 Å². The summed E-state index contributed by atoms with van der Waals surface area (Å²) in [6.07, 6.45) is 49.5. The van der Waals surface area contributed by atoms with Crippen molar-refractivity contribution in [3.05, 3.63) is 31.1 Å². The molecule has 10 heteroatoms. The number of benzene rings is 1. The lowest BCUT2D eigenvalue weighted by Crippen LogP contribution is -2.00. The van der Waals surface area contributed by atoms with Crippen LogP contribution in [0.3, 0.4) is 0 Å². The Balaban J connectivity index is 1.27. The predicted octanol–water partition coefficient (Wildman–Crippen LogP) is 23.6. The summed E-state index contributed by atoms with van der Waals surface area (Å²) in [5.74, 6) is 2.03. The third kappa shape index (κ3) is 21.4. The van der Waals surface area contributed by atoms with E-state index in [1.807, 2.05) is 22.7 Å². The van der Waals surface area contributed by atoms with Crippen molar-refractivity contribution in [1.29, 1.82) is 0 Å². The summed E-state index contributed by atoms with van der Waals surface area (Å²) in [6, 6.07) is 4.71. The van der Waals surface area contributed by atoms with E-state index in [-0.39, 0.29) is 0 Å². The van der Waals surface area contributed by atoms with E-state index >= 15 is 0 Å². The summed E-state index contributed by atoms with van der Waals surface area (Å²) in [6.45, 7) is 10.5. The summed E-state index contributed by atoms with van der Waals surface area (Å²) in [5.41, 5.74) is 2.25. The Morgan fingerprint density at radius 3 is 1.06 bits per heavy atom. The molecule has 4 nitrogen and oxygen atoms in total. The van der Waals surface area contributed by atoms with Gasteiger partial charge in [0.1, 0.15) is 21.5 Å². The molecular formula is C59H92Br2N2O2S4. The fourth-order valence-electron chi connectivity index (χ4n) is 9.64. The average molecular weight is 1150 g/mol. The number of nitrogens with zero attached hydrogens (tertiary/aromatic N) is 2. The largest absolute Gasteiger partial charge is 0.491 e. The van der Waals surface area contributed by atoms with Crippen molar-refractivity contribution in [3.63, 3.8) is 0 Å². The molecule has 0 spiro atoms. The maximum absolute atomic E-state index is 6.99. The minimum atomic E-state index is 0.729. The summed E-state index contributed by atoms with van der Waals surface area (Å²) in [7, 11) is 0. The number of thiazole rings is 2. The van der Waals surface area contributed by atoms with Crippen LogP contribution in [0.5, 0.6) is 11.5 Å². The quantitative estimate of drug-likeness (QED) is 0.0365. The third-order valence-corrected chi connectivity index (χ3v) is 20.4. The molecule has 0 N–H and O–H groups in total. The topological polar surface area (TPSA) is 44.2 Å². The van der Waals surface area contributed by atoms with Crippen LogP contribution >= 0.6 is 77.2 Å². The van der Waals surface area contributed by atoms with Crippen LogP contribution in [0.2, 0.25) is 0 Å². The first-order chi connectivity index (χ1) is 33.9.